The van der Waals surface area contributed by atoms with Gasteiger partial charge in [0.25, 0.3) is 0 Å². The number of sulfonamides is 1. The second kappa shape index (κ2) is 6.06. The Bertz CT molecular complexity index is 616. The fraction of sp³-hybridized carbons (Fsp3) is 0.364. The number of hydrogen-bond acceptors (Lipinski definition) is 5. The number of halogens is 1. The SMILES string of the molecule is COc1cc(F)c(S(=O)(=O)NC(C)C(=O)O)cc1OC. The molecule has 1 aromatic carbocycles. The van der Waals surface area contributed by atoms with Crippen LogP contribution in [0.2, 0.25) is 0 Å². The third kappa shape index (κ3) is 3.36. The molecule has 0 aliphatic carbocycles. The quantitative estimate of drug-likeness (QED) is 0.797. The molecule has 0 amide bonds. The Morgan fingerprint density at radius 1 is 1.30 bits per heavy atom. The molecule has 0 bridgehead atoms. The Morgan fingerprint density at radius 3 is 2.25 bits per heavy atom. The highest BCUT2D eigenvalue weighted by molar-refractivity contribution is 7.89. The van der Waals surface area contributed by atoms with Gasteiger partial charge >= 0.3 is 5.97 Å². The molecular weight excluding hydrogens is 293 g/mol. The van der Waals surface area contributed by atoms with Gasteiger partial charge in [0.1, 0.15) is 16.8 Å². The second-order valence-electron chi connectivity index (χ2n) is 3.82. The van der Waals surface area contributed by atoms with Gasteiger partial charge in [0, 0.05) is 12.1 Å². The molecule has 20 heavy (non-hydrogen) atoms. The van der Waals surface area contributed by atoms with E-state index in [1.807, 2.05) is 4.72 Å². The highest BCUT2D eigenvalue weighted by Gasteiger charge is 2.26. The molecule has 2 N–H and O–H groups in total. The standard InChI is InChI=1S/C11H14FNO6S/c1-6(11(14)15)13-20(16,17)10-5-9(19-3)8(18-2)4-7(10)12/h4-6,13H,1-3H3,(H,14,15). The fourth-order valence-corrected chi connectivity index (χ4v) is 2.66. The van der Waals surface area contributed by atoms with Crippen molar-refractivity contribution in [2.45, 2.75) is 17.9 Å². The van der Waals surface area contributed by atoms with E-state index in [-0.39, 0.29) is 11.5 Å². The van der Waals surface area contributed by atoms with Crippen molar-refractivity contribution < 1.29 is 32.2 Å². The summed E-state index contributed by atoms with van der Waals surface area (Å²) in [5.41, 5.74) is 0. The van der Waals surface area contributed by atoms with Gasteiger partial charge in [-0.1, -0.05) is 0 Å². The summed E-state index contributed by atoms with van der Waals surface area (Å²) in [6.07, 6.45) is 0. The van der Waals surface area contributed by atoms with Crippen LogP contribution in [-0.4, -0.2) is 39.8 Å². The largest absolute Gasteiger partial charge is 0.493 e. The first-order chi connectivity index (χ1) is 9.22. The summed E-state index contributed by atoms with van der Waals surface area (Å²) in [6, 6.07) is 0.372. The average Bonchev–Trinajstić information content (AvgIpc) is 2.37. The number of methoxy groups -OCH3 is 2. The molecule has 0 aromatic heterocycles. The van der Waals surface area contributed by atoms with Gasteiger partial charge in [-0.25, -0.2) is 12.8 Å². The van der Waals surface area contributed by atoms with Crippen molar-refractivity contribution in [2.75, 3.05) is 14.2 Å². The Balaban J connectivity index is 3.28. The van der Waals surface area contributed by atoms with Gasteiger partial charge in [-0.2, -0.15) is 4.72 Å². The van der Waals surface area contributed by atoms with Crippen molar-refractivity contribution in [3.05, 3.63) is 17.9 Å². The smallest absolute Gasteiger partial charge is 0.321 e. The lowest BCUT2D eigenvalue weighted by atomic mass is 10.3. The predicted octanol–water partition coefficient (Wildman–Crippen LogP) is 0.594. The van der Waals surface area contributed by atoms with Crippen LogP contribution in [0.5, 0.6) is 11.5 Å². The zero-order chi connectivity index (χ0) is 15.5. The lowest BCUT2D eigenvalue weighted by molar-refractivity contribution is -0.138. The van der Waals surface area contributed by atoms with E-state index in [0.29, 0.717) is 0 Å². The molecule has 0 aliphatic heterocycles. The Kier molecular flexibility index (Phi) is 4.90. The summed E-state index contributed by atoms with van der Waals surface area (Å²) < 4.78 is 49.2. The maximum absolute atomic E-state index is 13.8. The molecule has 7 nitrogen and oxygen atoms in total. The minimum Gasteiger partial charge on any atom is -0.493 e. The number of nitrogens with one attached hydrogen (secondary N) is 1. The van der Waals surface area contributed by atoms with Crippen LogP contribution >= 0.6 is 0 Å². The normalized spacial score (nSPS) is 12.8. The monoisotopic (exact) mass is 307 g/mol. The van der Waals surface area contributed by atoms with E-state index >= 15 is 0 Å². The molecule has 0 fully saturated rings. The maximum Gasteiger partial charge on any atom is 0.321 e. The number of hydrogen-bond donors (Lipinski definition) is 2. The van der Waals surface area contributed by atoms with E-state index in [2.05, 4.69) is 0 Å². The van der Waals surface area contributed by atoms with E-state index < -0.39 is 32.7 Å². The lowest BCUT2D eigenvalue weighted by Crippen LogP contribution is -2.38. The van der Waals surface area contributed by atoms with E-state index in [1.165, 1.54) is 14.2 Å². The number of benzene rings is 1. The average molecular weight is 307 g/mol. The van der Waals surface area contributed by atoms with Gasteiger partial charge < -0.3 is 14.6 Å². The number of carboxylic acids is 1. The maximum atomic E-state index is 13.8. The molecule has 0 aliphatic rings. The summed E-state index contributed by atoms with van der Waals surface area (Å²) in [4.78, 5) is 9.93. The predicted molar refractivity (Wildman–Crippen MR) is 66.9 cm³/mol. The number of carbonyl (C=O) groups is 1. The first kappa shape index (κ1) is 16.2. The van der Waals surface area contributed by atoms with Crippen LogP contribution in [0.15, 0.2) is 17.0 Å². The summed E-state index contributed by atoms with van der Waals surface area (Å²) in [5, 5.41) is 8.68. The lowest BCUT2D eigenvalue weighted by Gasteiger charge is -2.13. The van der Waals surface area contributed by atoms with Crippen molar-refractivity contribution in [3.8, 4) is 11.5 Å². The Morgan fingerprint density at radius 2 is 1.80 bits per heavy atom. The van der Waals surface area contributed by atoms with Gasteiger partial charge in [0.15, 0.2) is 11.5 Å². The van der Waals surface area contributed by atoms with E-state index in [1.54, 1.807) is 0 Å². The van der Waals surface area contributed by atoms with Gasteiger partial charge in [0.05, 0.1) is 14.2 Å². The van der Waals surface area contributed by atoms with Gasteiger partial charge in [0.2, 0.25) is 10.0 Å². The number of aliphatic carboxylic acids is 1. The molecule has 0 heterocycles. The van der Waals surface area contributed by atoms with E-state index in [9.17, 15) is 17.6 Å². The first-order valence-electron chi connectivity index (χ1n) is 5.39. The minimum absolute atomic E-state index is 0.0113. The van der Waals surface area contributed by atoms with Crippen molar-refractivity contribution in [2.24, 2.45) is 0 Å². The van der Waals surface area contributed by atoms with Crippen LogP contribution in [0.25, 0.3) is 0 Å². The zero-order valence-electron chi connectivity index (χ0n) is 11.0. The van der Waals surface area contributed by atoms with Crippen LogP contribution < -0.4 is 14.2 Å². The molecular formula is C11H14FNO6S. The van der Waals surface area contributed by atoms with Crippen molar-refractivity contribution in [1.29, 1.82) is 0 Å². The summed E-state index contributed by atoms with van der Waals surface area (Å²) in [6.45, 7) is 1.12. The highest BCUT2D eigenvalue weighted by Crippen LogP contribution is 2.31. The highest BCUT2D eigenvalue weighted by atomic mass is 32.2. The summed E-state index contributed by atoms with van der Waals surface area (Å²) >= 11 is 0. The minimum atomic E-state index is -4.33. The third-order valence-corrected chi connectivity index (χ3v) is 3.99. The van der Waals surface area contributed by atoms with Crippen molar-refractivity contribution >= 4 is 16.0 Å². The third-order valence-electron chi connectivity index (χ3n) is 2.43. The van der Waals surface area contributed by atoms with Crippen LogP contribution in [-0.2, 0) is 14.8 Å². The molecule has 1 rings (SSSR count). The molecule has 0 spiro atoms. The summed E-state index contributed by atoms with van der Waals surface area (Å²) in [7, 11) is -1.80. The molecule has 0 radical (unpaired) electrons. The summed E-state index contributed by atoms with van der Waals surface area (Å²) in [5.74, 6) is -2.42. The molecule has 9 heteroatoms. The molecule has 0 saturated heterocycles. The Hall–Kier alpha value is -1.87. The van der Waals surface area contributed by atoms with Gasteiger partial charge in [-0.15, -0.1) is 0 Å². The molecule has 1 unspecified atom stereocenters. The molecule has 112 valence electrons. The number of ether oxygens (including phenoxy) is 2. The van der Waals surface area contributed by atoms with Crippen LogP contribution in [0.4, 0.5) is 4.39 Å². The number of rotatable bonds is 6. The first-order valence-corrected chi connectivity index (χ1v) is 6.88. The zero-order valence-corrected chi connectivity index (χ0v) is 11.8. The number of carboxylic acid groups (broad SMARTS) is 1. The molecule has 1 aromatic rings. The van der Waals surface area contributed by atoms with E-state index in [0.717, 1.165) is 19.1 Å². The van der Waals surface area contributed by atoms with Crippen LogP contribution in [0.3, 0.4) is 0 Å². The topological polar surface area (TPSA) is 102 Å². The molecule has 0 saturated carbocycles. The van der Waals surface area contributed by atoms with Crippen molar-refractivity contribution in [1.82, 2.24) is 4.72 Å². The fourth-order valence-electron chi connectivity index (χ4n) is 1.39. The van der Waals surface area contributed by atoms with Crippen molar-refractivity contribution in [3.63, 3.8) is 0 Å². The van der Waals surface area contributed by atoms with Gasteiger partial charge in [-0.3, -0.25) is 4.79 Å². The van der Waals surface area contributed by atoms with E-state index in [4.69, 9.17) is 14.6 Å². The van der Waals surface area contributed by atoms with Crippen LogP contribution in [0.1, 0.15) is 6.92 Å². The van der Waals surface area contributed by atoms with Gasteiger partial charge in [-0.05, 0) is 6.92 Å². The van der Waals surface area contributed by atoms with Crippen LogP contribution in [0, 0.1) is 5.82 Å². The Labute approximate surface area is 115 Å². The molecule has 1 atom stereocenters. The second-order valence-corrected chi connectivity index (χ2v) is 5.50.